The standard InChI is InChI=1S/C24H30N6O/c1-18-12-15-30(28-18)21-9-5-4-8-19(21)16-26-24(25-2)27-20-13-14-29(17-20)22-10-6-7-11-23(22)31-3/h4-12,15,20H,13-14,16-17H2,1-3H3,(H2,25,26,27). The Kier molecular flexibility index (Phi) is 6.40. The summed E-state index contributed by atoms with van der Waals surface area (Å²) in [6.07, 6.45) is 3.04. The molecule has 0 amide bonds. The molecular formula is C24H30N6O. The maximum atomic E-state index is 5.53. The first-order chi connectivity index (χ1) is 15.2. The fourth-order valence-electron chi connectivity index (χ4n) is 3.99. The quantitative estimate of drug-likeness (QED) is 0.476. The molecule has 2 heterocycles. The van der Waals surface area contributed by atoms with Crippen LogP contribution in [0.2, 0.25) is 0 Å². The van der Waals surface area contributed by atoms with Crippen LogP contribution in [0.4, 0.5) is 5.69 Å². The lowest BCUT2D eigenvalue weighted by molar-refractivity contribution is 0.415. The first-order valence-electron chi connectivity index (χ1n) is 10.6. The van der Waals surface area contributed by atoms with E-state index in [9.17, 15) is 0 Å². The first-order valence-corrected chi connectivity index (χ1v) is 10.6. The van der Waals surface area contributed by atoms with Gasteiger partial charge in [-0.1, -0.05) is 30.3 Å². The van der Waals surface area contributed by atoms with Gasteiger partial charge in [0.1, 0.15) is 5.75 Å². The van der Waals surface area contributed by atoms with Crippen molar-refractivity contribution in [2.75, 3.05) is 32.1 Å². The monoisotopic (exact) mass is 418 g/mol. The Labute approximate surface area is 183 Å². The van der Waals surface area contributed by atoms with Crippen LogP contribution in [0.5, 0.6) is 5.75 Å². The molecular weight excluding hydrogens is 388 g/mol. The fraction of sp³-hybridized carbons (Fsp3) is 0.333. The van der Waals surface area contributed by atoms with Gasteiger partial charge in [0, 0.05) is 38.9 Å². The third-order valence-corrected chi connectivity index (χ3v) is 5.59. The second kappa shape index (κ2) is 9.55. The van der Waals surface area contributed by atoms with Crippen molar-refractivity contribution in [1.29, 1.82) is 0 Å². The van der Waals surface area contributed by atoms with E-state index < -0.39 is 0 Å². The van der Waals surface area contributed by atoms with Gasteiger partial charge in [0.2, 0.25) is 0 Å². The number of methoxy groups -OCH3 is 1. The predicted octanol–water partition coefficient (Wildman–Crippen LogP) is 3.13. The van der Waals surface area contributed by atoms with Crippen molar-refractivity contribution >= 4 is 11.6 Å². The lowest BCUT2D eigenvalue weighted by Gasteiger charge is -2.22. The third kappa shape index (κ3) is 4.82. The normalized spacial score (nSPS) is 16.4. The lowest BCUT2D eigenvalue weighted by atomic mass is 10.2. The number of ether oxygens (including phenoxy) is 1. The molecule has 7 heteroatoms. The summed E-state index contributed by atoms with van der Waals surface area (Å²) in [6, 6.07) is 18.8. The van der Waals surface area contributed by atoms with Gasteiger partial charge < -0.3 is 20.3 Å². The Balaban J connectivity index is 1.37. The van der Waals surface area contributed by atoms with Gasteiger partial charge in [0.15, 0.2) is 5.96 Å². The Morgan fingerprint density at radius 1 is 1.13 bits per heavy atom. The van der Waals surface area contributed by atoms with Crippen LogP contribution in [0.25, 0.3) is 5.69 Å². The summed E-state index contributed by atoms with van der Waals surface area (Å²) < 4.78 is 7.45. The molecule has 31 heavy (non-hydrogen) atoms. The molecule has 1 unspecified atom stereocenters. The average Bonchev–Trinajstić information content (AvgIpc) is 3.45. The van der Waals surface area contributed by atoms with Gasteiger partial charge in [-0.3, -0.25) is 4.99 Å². The summed E-state index contributed by atoms with van der Waals surface area (Å²) in [5, 5.41) is 11.6. The molecule has 7 nitrogen and oxygen atoms in total. The number of hydrogen-bond donors (Lipinski definition) is 2. The molecule has 1 aliphatic heterocycles. The van der Waals surface area contributed by atoms with Gasteiger partial charge >= 0.3 is 0 Å². The Morgan fingerprint density at radius 3 is 2.65 bits per heavy atom. The minimum atomic E-state index is 0.320. The zero-order valence-corrected chi connectivity index (χ0v) is 18.4. The summed E-state index contributed by atoms with van der Waals surface area (Å²) in [4.78, 5) is 6.79. The molecule has 3 aromatic rings. The van der Waals surface area contributed by atoms with Crippen LogP contribution in [0.15, 0.2) is 65.8 Å². The van der Waals surface area contributed by atoms with Crippen molar-refractivity contribution in [3.05, 3.63) is 72.1 Å². The lowest BCUT2D eigenvalue weighted by Crippen LogP contribution is -2.44. The predicted molar refractivity (Wildman–Crippen MR) is 125 cm³/mol. The van der Waals surface area contributed by atoms with Crippen LogP contribution in [-0.4, -0.2) is 49.0 Å². The van der Waals surface area contributed by atoms with E-state index >= 15 is 0 Å². The van der Waals surface area contributed by atoms with Gasteiger partial charge in [-0.2, -0.15) is 5.10 Å². The third-order valence-electron chi connectivity index (χ3n) is 5.59. The van der Waals surface area contributed by atoms with E-state index in [1.807, 2.05) is 49.1 Å². The number of aromatic nitrogens is 2. The van der Waals surface area contributed by atoms with E-state index in [4.69, 9.17) is 4.74 Å². The van der Waals surface area contributed by atoms with Gasteiger partial charge in [-0.15, -0.1) is 0 Å². The van der Waals surface area contributed by atoms with Crippen molar-refractivity contribution in [2.24, 2.45) is 4.99 Å². The van der Waals surface area contributed by atoms with Crippen molar-refractivity contribution in [3.63, 3.8) is 0 Å². The summed E-state index contributed by atoms with van der Waals surface area (Å²) in [5.41, 5.74) is 4.37. The minimum absolute atomic E-state index is 0.320. The number of aliphatic imine (C=N–C) groups is 1. The summed E-state index contributed by atoms with van der Waals surface area (Å²) in [7, 11) is 3.53. The molecule has 1 fully saturated rings. The van der Waals surface area contributed by atoms with Crippen LogP contribution < -0.4 is 20.3 Å². The van der Waals surface area contributed by atoms with E-state index in [1.165, 1.54) is 0 Å². The van der Waals surface area contributed by atoms with E-state index in [0.717, 1.165) is 53.9 Å². The Morgan fingerprint density at radius 2 is 1.90 bits per heavy atom. The second-order valence-electron chi connectivity index (χ2n) is 7.70. The molecule has 0 aliphatic carbocycles. The molecule has 2 aromatic carbocycles. The second-order valence-corrected chi connectivity index (χ2v) is 7.70. The molecule has 162 valence electrons. The largest absolute Gasteiger partial charge is 0.495 e. The summed E-state index contributed by atoms with van der Waals surface area (Å²) >= 11 is 0. The summed E-state index contributed by atoms with van der Waals surface area (Å²) in [5.74, 6) is 1.72. The van der Waals surface area contributed by atoms with Crippen LogP contribution in [-0.2, 0) is 6.54 Å². The van der Waals surface area contributed by atoms with Crippen molar-refractivity contribution in [2.45, 2.75) is 25.9 Å². The Bertz CT molecular complexity index is 1040. The van der Waals surface area contributed by atoms with Crippen LogP contribution >= 0.6 is 0 Å². The molecule has 0 saturated carbocycles. The van der Waals surface area contributed by atoms with Crippen LogP contribution in [0, 0.1) is 6.92 Å². The molecule has 0 bridgehead atoms. The minimum Gasteiger partial charge on any atom is -0.495 e. The number of rotatable bonds is 6. The first kappa shape index (κ1) is 20.8. The number of guanidine groups is 1. The average molecular weight is 419 g/mol. The molecule has 1 atom stereocenters. The molecule has 1 aliphatic rings. The highest BCUT2D eigenvalue weighted by molar-refractivity contribution is 5.80. The van der Waals surface area contributed by atoms with Crippen LogP contribution in [0.3, 0.4) is 0 Å². The van der Waals surface area contributed by atoms with E-state index in [-0.39, 0.29) is 0 Å². The number of benzene rings is 2. The van der Waals surface area contributed by atoms with Gasteiger partial charge in [0.05, 0.1) is 24.2 Å². The van der Waals surface area contributed by atoms with E-state index in [1.54, 1.807) is 7.11 Å². The highest BCUT2D eigenvalue weighted by Crippen LogP contribution is 2.30. The zero-order valence-electron chi connectivity index (χ0n) is 18.4. The number of anilines is 1. The number of nitrogens with zero attached hydrogens (tertiary/aromatic N) is 4. The van der Waals surface area contributed by atoms with E-state index in [0.29, 0.717) is 12.6 Å². The molecule has 0 radical (unpaired) electrons. The smallest absolute Gasteiger partial charge is 0.191 e. The molecule has 1 aromatic heterocycles. The molecule has 0 spiro atoms. The SMILES string of the molecule is CN=C(NCc1ccccc1-n1ccc(C)n1)NC1CCN(c2ccccc2OC)C1. The number of aryl methyl sites for hydroxylation is 1. The number of para-hydroxylation sites is 3. The van der Waals surface area contributed by atoms with Gasteiger partial charge in [-0.05, 0) is 43.2 Å². The number of nitrogens with one attached hydrogen (secondary N) is 2. The topological polar surface area (TPSA) is 66.7 Å². The number of hydrogen-bond acceptors (Lipinski definition) is 4. The highest BCUT2D eigenvalue weighted by Gasteiger charge is 2.25. The molecule has 2 N–H and O–H groups in total. The van der Waals surface area contributed by atoms with Crippen molar-refractivity contribution in [3.8, 4) is 11.4 Å². The Hall–Kier alpha value is -3.48. The molecule has 4 rings (SSSR count). The van der Waals surface area contributed by atoms with Gasteiger partial charge in [0.25, 0.3) is 0 Å². The zero-order chi connectivity index (χ0) is 21.6. The maximum Gasteiger partial charge on any atom is 0.191 e. The van der Waals surface area contributed by atoms with Crippen molar-refractivity contribution in [1.82, 2.24) is 20.4 Å². The van der Waals surface area contributed by atoms with Gasteiger partial charge in [-0.25, -0.2) is 4.68 Å². The molecule has 1 saturated heterocycles. The van der Waals surface area contributed by atoms with Crippen LogP contribution in [0.1, 0.15) is 17.7 Å². The summed E-state index contributed by atoms with van der Waals surface area (Å²) in [6.45, 7) is 4.55. The van der Waals surface area contributed by atoms with Crippen molar-refractivity contribution < 1.29 is 4.74 Å². The fourth-order valence-corrected chi connectivity index (χ4v) is 3.99. The maximum absolute atomic E-state index is 5.53. The highest BCUT2D eigenvalue weighted by atomic mass is 16.5. The van der Waals surface area contributed by atoms with E-state index in [2.05, 4.69) is 56.0 Å².